The van der Waals surface area contributed by atoms with Gasteiger partial charge in [-0.1, -0.05) is 11.6 Å². The summed E-state index contributed by atoms with van der Waals surface area (Å²) in [7, 11) is 0. The van der Waals surface area contributed by atoms with E-state index in [0.717, 1.165) is 36.8 Å². The van der Waals surface area contributed by atoms with Gasteiger partial charge in [-0.2, -0.15) is 0 Å². The molecule has 0 bridgehead atoms. The summed E-state index contributed by atoms with van der Waals surface area (Å²) in [5.41, 5.74) is 1.06. The molecule has 2 aromatic rings. The van der Waals surface area contributed by atoms with Crippen molar-refractivity contribution < 1.29 is 19.0 Å². The standard InChI is InChI=1S/C18H18ClFN4O3/c19-13-1-6-16(20)17(11-13)21-18(25)12-22-7-9-23(10-8-22)14-2-4-15(5-3-14)24(26)27/h1-6,11H,7-10,12H2,(H,21,25)/p+1. The molecule has 0 aliphatic carbocycles. The second-order valence-electron chi connectivity index (χ2n) is 6.36. The number of rotatable bonds is 5. The number of hydrogen-bond donors (Lipinski definition) is 2. The molecule has 2 aromatic carbocycles. The molecule has 0 radical (unpaired) electrons. The fraction of sp³-hybridized carbons (Fsp3) is 0.278. The van der Waals surface area contributed by atoms with E-state index in [2.05, 4.69) is 10.2 Å². The van der Waals surface area contributed by atoms with Crippen LogP contribution in [0.5, 0.6) is 0 Å². The van der Waals surface area contributed by atoms with Gasteiger partial charge in [-0.05, 0) is 30.3 Å². The maximum Gasteiger partial charge on any atom is 0.279 e. The topological polar surface area (TPSA) is 79.9 Å². The van der Waals surface area contributed by atoms with E-state index >= 15 is 0 Å². The number of hydrogen-bond acceptors (Lipinski definition) is 4. The van der Waals surface area contributed by atoms with Crippen molar-refractivity contribution in [2.24, 2.45) is 0 Å². The number of nitro groups is 1. The van der Waals surface area contributed by atoms with E-state index < -0.39 is 10.7 Å². The van der Waals surface area contributed by atoms with Crippen LogP contribution < -0.4 is 15.1 Å². The highest BCUT2D eigenvalue weighted by Gasteiger charge is 2.23. The van der Waals surface area contributed by atoms with Gasteiger partial charge in [0.2, 0.25) is 0 Å². The van der Waals surface area contributed by atoms with Crippen molar-refractivity contribution in [3.8, 4) is 0 Å². The number of halogens is 2. The first kappa shape index (κ1) is 19.1. The van der Waals surface area contributed by atoms with Gasteiger partial charge in [0.25, 0.3) is 11.6 Å². The third-order valence-corrected chi connectivity index (χ3v) is 4.74. The van der Waals surface area contributed by atoms with Crippen LogP contribution in [-0.2, 0) is 4.79 Å². The summed E-state index contributed by atoms with van der Waals surface area (Å²) >= 11 is 5.83. The maximum absolute atomic E-state index is 13.7. The molecule has 142 valence electrons. The summed E-state index contributed by atoms with van der Waals surface area (Å²) in [5.74, 6) is -0.791. The van der Waals surface area contributed by atoms with Crippen molar-refractivity contribution in [2.75, 3.05) is 42.9 Å². The number of non-ortho nitro benzene ring substituents is 1. The van der Waals surface area contributed by atoms with Crippen LogP contribution in [0.25, 0.3) is 0 Å². The summed E-state index contributed by atoms with van der Waals surface area (Å²) in [4.78, 5) is 25.7. The van der Waals surface area contributed by atoms with E-state index in [1.54, 1.807) is 12.1 Å². The van der Waals surface area contributed by atoms with Crippen molar-refractivity contribution in [2.45, 2.75) is 0 Å². The molecule has 0 aromatic heterocycles. The van der Waals surface area contributed by atoms with E-state index in [1.165, 1.54) is 30.3 Å². The number of anilines is 2. The van der Waals surface area contributed by atoms with Crippen molar-refractivity contribution in [3.63, 3.8) is 0 Å². The lowest BCUT2D eigenvalue weighted by molar-refractivity contribution is -0.892. The maximum atomic E-state index is 13.7. The highest BCUT2D eigenvalue weighted by atomic mass is 35.5. The van der Waals surface area contributed by atoms with Gasteiger partial charge >= 0.3 is 0 Å². The zero-order chi connectivity index (χ0) is 19.4. The molecule has 0 saturated carbocycles. The molecule has 1 aliphatic heterocycles. The zero-order valence-corrected chi connectivity index (χ0v) is 15.2. The van der Waals surface area contributed by atoms with Gasteiger partial charge in [0.15, 0.2) is 6.54 Å². The molecule has 1 saturated heterocycles. The lowest BCUT2D eigenvalue weighted by Crippen LogP contribution is -3.15. The third-order valence-electron chi connectivity index (χ3n) is 4.51. The second-order valence-corrected chi connectivity index (χ2v) is 6.80. The molecular weight excluding hydrogens is 375 g/mol. The highest BCUT2D eigenvalue weighted by molar-refractivity contribution is 6.30. The molecule has 3 rings (SSSR count). The van der Waals surface area contributed by atoms with Crippen LogP contribution in [0.4, 0.5) is 21.5 Å². The van der Waals surface area contributed by atoms with E-state index in [1.807, 2.05) is 0 Å². The first-order chi connectivity index (χ1) is 12.9. The Bertz CT molecular complexity index is 839. The molecule has 1 amide bonds. The van der Waals surface area contributed by atoms with Gasteiger partial charge in [-0.25, -0.2) is 4.39 Å². The van der Waals surface area contributed by atoms with Crippen LogP contribution >= 0.6 is 11.6 Å². The number of carbonyl (C=O) groups excluding carboxylic acids is 1. The Morgan fingerprint density at radius 3 is 2.52 bits per heavy atom. The molecule has 0 atom stereocenters. The van der Waals surface area contributed by atoms with E-state index in [-0.39, 0.29) is 23.8 Å². The Kier molecular flexibility index (Phi) is 5.88. The molecule has 0 unspecified atom stereocenters. The Labute approximate surface area is 160 Å². The van der Waals surface area contributed by atoms with Gasteiger partial charge in [-0.3, -0.25) is 14.9 Å². The smallest absolute Gasteiger partial charge is 0.279 e. The van der Waals surface area contributed by atoms with Crippen molar-refractivity contribution in [1.82, 2.24) is 0 Å². The van der Waals surface area contributed by atoms with Crippen LogP contribution in [0, 0.1) is 15.9 Å². The minimum Gasteiger partial charge on any atom is -0.360 e. The summed E-state index contributed by atoms with van der Waals surface area (Å²) in [6.45, 7) is 3.17. The minimum atomic E-state index is -0.522. The van der Waals surface area contributed by atoms with Crippen LogP contribution in [-0.4, -0.2) is 43.6 Å². The Morgan fingerprint density at radius 2 is 1.89 bits per heavy atom. The SMILES string of the molecule is O=C(C[NH+]1CCN(c2ccc([N+](=O)[O-])cc2)CC1)Nc1cc(Cl)ccc1F. The fourth-order valence-electron chi connectivity index (χ4n) is 3.06. The molecule has 7 nitrogen and oxygen atoms in total. The summed E-state index contributed by atoms with van der Waals surface area (Å²) in [6, 6.07) is 10.5. The number of quaternary nitrogens is 1. The van der Waals surface area contributed by atoms with Crippen molar-refractivity contribution in [3.05, 3.63) is 63.4 Å². The molecule has 1 heterocycles. The third kappa shape index (κ3) is 4.93. The average molecular weight is 394 g/mol. The highest BCUT2D eigenvalue weighted by Crippen LogP contribution is 2.20. The molecule has 2 N–H and O–H groups in total. The van der Waals surface area contributed by atoms with Gasteiger partial charge in [-0.15, -0.1) is 0 Å². The molecule has 9 heteroatoms. The van der Waals surface area contributed by atoms with Gasteiger partial charge in [0, 0.05) is 22.8 Å². The van der Waals surface area contributed by atoms with E-state index in [0.29, 0.717) is 5.02 Å². The molecule has 1 aliphatic rings. The number of benzene rings is 2. The van der Waals surface area contributed by atoms with Crippen LogP contribution in [0.1, 0.15) is 0 Å². The lowest BCUT2D eigenvalue weighted by Gasteiger charge is -2.33. The second kappa shape index (κ2) is 8.32. The van der Waals surface area contributed by atoms with Gasteiger partial charge in [0.1, 0.15) is 5.82 Å². The molecular formula is C18H19ClFN4O3+. The summed E-state index contributed by atoms with van der Waals surface area (Å²) in [5, 5.41) is 13.6. The Hall–Kier alpha value is -2.71. The van der Waals surface area contributed by atoms with Gasteiger partial charge < -0.3 is 15.1 Å². The lowest BCUT2D eigenvalue weighted by atomic mass is 10.2. The molecule has 0 spiro atoms. The number of nitrogens with zero attached hydrogens (tertiary/aromatic N) is 2. The number of nitrogens with one attached hydrogen (secondary N) is 2. The van der Waals surface area contributed by atoms with Gasteiger partial charge in [0.05, 0.1) is 36.8 Å². The summed E-state index contributed by atoms with van der Waals surface area (Å²) in [6.07, 6.45) is 0. The first-order valence-electron chi connectivity index (χ1n) is 8.50. The van der Waals surface area contributed by atoms with Crippen LogP contribution in [0.3, 0.4) is 0 Å². The zero-order valence-electron chi connectivity index (χ0n) is 14.5. The fourth-order valence-corrected chi connectivity index (χ4v) is 3.23. The largest absolute Gasteiger partial charge is 0.360 e. The quantitative estimate of drug-likeness (QED) is 0.599. The van der Waals surface area contributed by atoms with E-state index in [4.69, 9.17) is 11.6 Å². The molecule has 27 heavy (non-hydrogen) atoms. The Balaban J connectivity index is 1.51. The predicted octanol–water partition coefficient (Wildman–Crippen LogP) is 1.73. The van der Waals surface area contributed by atoms with Crippen LogP contribution in [0.15, 0.2) is 42.5 Å². The monoisotopic (exact) mass is 393 g/mol. The average Bonchev–Trinajstić information content (AvgIpc) is 2.65. The minimum absolute atomic E-state index is 0.0629. The van der Waals surface area contributed by atoms with Crippen molar-refractivity contribution in [1.29, 1.82) is 0 Å². The number of carbonyl (C=O) groups is 1. The Morgan fingerprint density at radius 1 is 1.22 bits per heavy atom. The predicted molar refractivity (Wildman–Crippen MR) is 101 cm³/mol. The number of piperazine rings is 1. The number of amides is 1. The van der Waals surface area contributed by atoms with Crippen LogP contribution in [0.2, 0.25) is 5.02 Å². The summed E-state index contributed by atoms with van der Waals surface area (Å²) < 4.78 is 13.7. The number of nitro benzene ring substituents is 1. The normalized spacial score (nSPS) is 14.8. The molecule has 1 fully saturated rings. The van der Waals surface area contributed by atoms with E-state index in [9.17, 15) is 19.3 Å². The van der Waals surface area contributed by atoms with Crippen molar-refractivity contribution >= 4 is 34.6 Å². The first-order valence-corrected chi connectivity index (χ1v) is 8.88.